The Bertz CT molecular complexity index is 1130. The van der Waals surface area contributed by atoms with E-state index >= 15 is 0 Å². The van der Waals surface area contributed by atoms with Crippen molar-refractivity contribution in [3.05, 3.63) is 45.9 Å². The molecule has 1 saturated carbocycles. The maximum absolute atomic E-state index is 11.8. The molecule has 2 aromatic carbocycles. The van der Waals surface area contributed by atoms with Gasteiger partial charge in [0.15, 0.2) is 0 Å². The highest BCUT2D eigenvalue weighted by Crippen LogP contribution is 2.57. The van der Waals surface area contributed by atoms with Crippen LogP contribution in [0.1, 0.15) is 43.2 Å². The van der Waals surface area contributed by atoms with Crippen LogP contribution in [0, 0.1) is 5.92 Å². The van der Waals surface area contributed by atoms with E-state index in [1.54, 1.807) is 18.2 Å². The minimum Gasteiger partial charge on any atom is -0.506 e. The molecule has 6 nitrogen and oxygen atoms in total. The summed E-state index contributed by atoms with van der Waals surface area (Å²) < 4.78 is 27.0. The number of anilines is 3. The number of sulfonamides is 1. The molecule has 2 aliphatic carbocycles. The minimum atomic E-state index is -3.42. The molecule has 2 fully saturated rings. The molecule has 3 aliphatic rings. The summed E-state index contributed by atoms with van der Waals surface area (Å²) in [5.41, 5.74) is 4.31. The summed E-state index contributed by atoms with van der Waals surface area (Å²) in [5, 5.41) is 18.1. The van der Waals surface area contributed by atoms with Crippen LogP contribution in [0.3, 0.4) is 0 Å². The number of halogens is 1. The van der Waals surface area contributed by atoms with E-state index in [0.29, 0.717) is 29.0 Å². The summed E-state index contributed by atoms with van der Waals surface area (Å²) in [6, 6.07) is 9.54. The van der Waals surface area contributed by atoms with Crippen molar-refractivity contribution >= 4 is 43.0 Å². The largest absolute Gasteiger partial charge is 0.506 e. The molecule has 3 atom stereocenters. The van der Waals surface area contributed by atoms with Crippen LogP contribution in [0.15, 0.2) is 34.8 Å². The van der Waals surface area contributed by atoms with Crippen molar-refractivity contribution in [2.45, 2.75) is 50.0 Å². The van der Waals surface area contributed by atoms with Crippen molar-refractivity contribution in [3.63, 3.8) is 0 Å². The predicted octanol–water partition coefficient (Wildman–Crippen LogP) is 4.62. The van der Waals surface area contributed by atoms with Gasteiger partial charge < -0.3 is 15.7 Å². The summed E-state index contributed by atoms with van der Waals surface area (Å²) in [6.45, 7) is 1.03. The Morgan fingerprint density at radius 2 is 1.97 bits per heavy atom. The molecule has 166 valence electrons. The lowest BCUT2D eigenvalue weighted by Crippen LogP contribution is -2.59. The third-order valence-corrected chi connectivity index (χ3v) is 8.82. The lowest BCUT2D eigenvalue weighted by Gasteiger charge is -2.56. The van der Waals surface area contributed by atoms with E-state index < -0.39 is 10.0 Å². The molecular weight excluding hydrogens is 478 g/mol. The number of nitrogens with one attached hydrogen (secondary N) is 3. The van der Waals surface area contributed by atoms with Gasteiger partial charge >= 0.3 is 0 Å². The molecular formula is C23H28BrN3O3S. The van der Waals surface area contributed by atoms with Crippen LogP contribution in [-0.4, -0.2) is 32.4 Å². The van der Waals surface area contributed by atoms with Gasteiger partial charge in [0.05, 0.1) is 23.3 Å². The lowest BCUT2D eigenvalue weighted by molar-refractivity contribution is 0.0793. The zero-order chi connectivity index (χ0) is 21.8. The molecule has 4 N–H and O–H groups in total. The Morgan fingerprint density at radius 3 is 2.74 bits per heavy atom. The monoisotopic (exact) mass is 505 g/mol. The van der Waals surface area contributed by atoms with E-state index in [1.807, 2.05) is 12.1 Å². The Morgan fingerprint density at radius 1 is 1.19 bits per heavy atom. The highest BCUT2D eigenvalue weighted by molar-refractivity contribution is 9.10. The fourth-order valence-electron chi connectivity index (χ4n) is 6.15. The molecule has 0 radical (unpaired) electrons. The molecule has 2 bridgehead atoms. The number of phenolic OH excluding ortho intramolecular Hbond substituents is 1. The van der Waals surface area contributed by atoms with E-state index in [0.717, 1.165) is 30.1 Å². The number of phenols is 1. The van der Waals surface area contributed by atoms with Crippen LogP contribution in [0.4, 0.5) is 17.1 Å². The number of rotatable bonds is 4. The molecule has 1 aliphatic heterocycles. The molecule has 5 rings (SSSR count). The van der Waals surface area contributed by atoms with Gasteiger partial charge in [-0.05, 0) is 83.4 Å². The average Bonchev–Trinajstić information content (AvgIpc) is 2.72. The highest BCUT2D eigenvalue weighted by atomic mass is 79.9. The third-order valence-electron chi connectivity index (χ3n) is 7.35. The van der Waals surface area contributed by atoms with Crippen molar-refractivity contribution in [2.75, 3.05) is 22.8 Å². The number of benzene rings is 2. The molecule has 1 saturated heterocycles. The van der Waals surface area contributed by atoms with Crippen LogP contribution in [-0.2, 0) is 21.9 Å². The maximum Gasteiger partial charge on any atom is 0.229 e. The molecule has 0 amide bonds. The number of piperidine rings is 1. The number of para-hydroxylation sites is 2. The van der Waals surface area contributed by atoms with Gasteiger partial charge in [0.1, 0.15) is 5.75 Å². The Kier molecular flexibility index (Phi) is 5.22. The van der Waals surface area contributed by atoms with Gasteiger partial charge in [-0.25, -0.2) is 8.42 Å². The Balaban J connectivity index is 1.58. The standard InChI is InChI=1S/C23H28BrN3O3S/c1-31(29,30)27-18-8-3-2-7-17(18)26-22-20(28)13-16-14(21(22)24)12-19-15-6-4-5-9-23(15,16)10-11-25-19/h2-3,7-8,13,15,19,25-28H,4-6,9-12H2,1H3/t15-,19+,23+/m0/s1. The second kappa shape index (κ2) is 7.67. The van der Waals surface area contributed by atoms with Crippen molar-refractivity contribution in [1.29, 1.82) is 0 Å². The van der Waals surface area contributed by atoms with Crippen molar-refractivity contribution in [3.8, 4) is 5.75 Å². The van der Waals surface area contributed by atoms with Crippen LogP contribution in [0.2, 0.25) is 0 Å². The Hall–Kier alpha value is -1.77. The van der Waals surface area contributed by atoms with Crippen molar-refractivity contribution in [2.24, 2.45) is 5.92 Å². The fraction of sp³-hybridized carbons (Fsp3) is 0.478. The number of hydrogen-bond acceptors (Lipinski definition) is 5. The second-order valence-electron chi connectivity index (χ2n) is 9.18. The molecule has 0 spiro atoms. The lowest BCUT2D eigenvalue weighted by atomic mass is 9.53. The zero-order valence-corrected chi connectivity index (χ0v) is 19.9. The van der Waals surface area contributed by atoms with E-state index in [1.165, 1.54) is 36.8 Å². The first-order valence-corrected chi connectivity index (χ1v) is 13.6. The van der Waals surface area contributed by atoms with Gasteiger partial charge in [-0.3, -0.25) is 4.72 Å². The SMILES string of the molecule is CS(=O)(=O)Nc1ccccc1Nc1c(O)cc2c(c1Br)C[C@H]1NCC[C@@]23CCCC[C@@H]13. The van der Waals surface area contributed by atoms with Crippen LogP contribution >= 0.6 is 15.9 Å². The van der Waals surface area contributed by atoms with Gasteiger partial charge in [0, 0.05) is 15.9 Å². The molecule has 0 unspecified atom stereocenters. The van der Waals surface area contributed by atoms with E-state index in [2.05, 4.69) is 31.3 Å². The van der Waals surface area contributed by atoms with Crippen LogP contribution in [0.5, 0.6) is 5.75 Å². The Labute approximate surface area is 192 Å². The first-order chi connectivity index (χ1) is 14.8. The highest BCUT2D eigenvalue weighted by Gasteiger charge is 2.52. The number of hydrogen-bond donors (Lipinski definition) is 4. The van der Waals surface area contributed by atoms with Gasteiger partial charge in [0.25, 0.3) is 0 Å². The summed E-state index contributed by atoms with van der Waals surface area (Å²) in [7, 11) is -3.42. The van der Waals surface area contributed by atoms with E-state index in [-0.39, 0.29) is 11.2 Å². The van der Waals surface area contributed by atoms with E-state index in [4.69, 9.17) is 0 Å². The molecule has 0 aromatic heterocycles. The van der Waals surface area contributed by atoms with Crippen molar-refractivity contribution in [1.82, 2.24) is 5.32 Å². The molecule has 8 heteroatoms. The van der Waals surface area contributed by atoms with Crippen LogP contribution < -0.4 is 15.4 Å². The summed E-state index contributed by atoms with van der Waals surface area (Å²) >= 11 is 3.79. The van der Waals surface area contributed by atoms with Gasteiger partial charge in [-0.15, -0.1) is 0 Å². The summed E-state index contributed by atoms with van der Waals surface area (Å²) in [4.78, 5) is 0. The molecule has 2 aromatic rings. The van der Waals surface area contributed by atoms with Crippen molar-refractivity contribution < 1.29 is 13.5 Å². The molecule has 31 heavy (non-hydrogen) atoms. The number of aromatic hydroxyl groups is 1. The zero-order valence-electron chi connectivity index (χ0n) is 17.5. The van der Waals surface area contributed by atoms with Gasteiger partial charge in [0.2, 0.25) is 10.0 Å². The molecule has 1 heterocycles. The van der Waals surface area contributed by atoms with Gasteiger partial charge in [-0.1, -0.05) is 25.0 Å². The normalized spacial score (nSPS) is 27.2. The third kappa shape index (κ3) is 3.62. The summed E-state index contributed by atoms with van der Waals surface area (Å²) in [6.07, 6.45) is 8.13. The summed E-state index contributed by atoms with van der Waals surface area (Å²) in [5.74, 6) is 0.822. The first kappa shape index (κ1) is 21.1. The first-order valence-electron chi connectivity index (χ1n) is 10.9. The smallest absolute Gasteiger partial charge is 0.229 e. The maximum atomic E-state index is 11.8. The minimum absolute atomic E-state index is 0.149. The van der Waals surface area contributed by atoms with Gasteiger partial charge in [-0.2, -0.15) is 0 Å². The average molecular weight is 506 g/mol. The fourth-order valence-corrected chi connectivity index (χ4v) is 7.40. The quantitative estimate of drug-likeness (QED) is 0.455. The second-order valence-corrected chi connectivity index (χ2v) is 11.7. The van der Waals surface area contributed by atoms with Crippen LogP contribution in [0.25, 0.3) is 0 Å². The predicted molar refractivity (Wildman–Crippen MR) is 128 cm³/mol. The van der Waals surface area contributed by atoms with E-state index in [9.17, 15) is 13.5 Å². The topological polar surface area (TPSA) is 90.5 Å². The number of fused-ring (bicyclic) bond motifs is 1.